The Morgan fingerprint density at radius 1 is 0.864 bits per heavy atom. The van der Waals surface area contributed by atoms with Gasteiger partial charge in [-0.1, -0.05) is 60.7 Å². The molecule has 44 heavy (non-hydrogen) atoms. The minimum atomic E-state index is -5.18. The van der Waals surface area contributed by atoms with Gasteiger partial charge in [0.15, 0.2) is 11.5 Å². The number of amides is 1. The molecule has 1 N–H and O–H groups in total. The van der Waals surface area contributed by atoms with Gasteiger partial charge in [-0.15, -0.1) is 0 Å². The van der Waals surface area contributed by atoms with E-state index in [2.05, 4.69) is 5.32 Å². The Morgan fingerprint density at radius 2 is 1.43 bits per heavy atom. The first-order valence-corrected chi connectivity index (χ1v) is 13.8. The summed E-state index contributed by atoms with van der Waals surface area (Å²) < 4.78 is 71.6. The van der Waals surface area contributed by atoms with Crippen molar-refractivity contribution in [3.05, 3.63) is 89.0 Å². The van der Waals surface area contributed by atoms with Gasteiger partial charge in [0.05, 0.1) is 14.2 Å². The van der Waals surface area contributed by atoms with Crippen molar-refractivity contribution in [2.24, 2.45) is 0 Å². The molecule has 0 aliphatic carbocycles. The van der Waals surface area contributed by atoms with Crippen LogP contribution in [0.5, 0.6) is 17.2 Å². The summed E-state index contributed by atoms with van der Waals surface area (Å²) in [4.78, 5) is 27.1. The van der Waals surface area contributed by atoms with E-state index in [0.717, 1.165) is 24.8 Å². The number of carbonyl (C=O) groups excluding carboxylic acids is 2. The number of rotatable bonds is 12. The molecule has 0 unspecified atom stereocenters. The summed E-state index contributed by atoms with van der Waals surface area (Å²) in [6.07, 6.45) is -5.48. The highest BCUT2D eigenvalue weighted by Gasteiger charge is 2.63. The van der Waals surface area contributed by atoms with E-state index >= 15 is 0 Å². The molecule has 11 heteroatoms. The summed E-state index contributed by atoms with van der Waals surface area (Å²) in [6.45, 7) is 6.73. The van der Waals surface area contributed by atoms with Crippen LogP contribution >= 0.6 is 0 Å². The van der Waals surface area contributed by atoms with Gasteiger partial charge in [-0.05, 0) is 39.3 Å². The number of hydrogen-bond donors (Lipinski definition) is 1. The molecule has 0 bridgehead atoms. The molecular formula is C33H38F3NO7. The predicted molar refractivity (Wildman–Crippen MR) is 158 cm³/mol. The molecule has 0 saturated carbocycles. The summed E-state index contributed by atoms with van der Waals surface area (Å²) in [7, 11) is 3.66. The lowest BCUT2D eigenvalue weighted by Gasteiger charge is -2.35. The van der Waals surface area contributed by atoms with Gasteiger partial charge in [0, 0.05) is 30.2 Å². The highest BCUT2D eigenvalue weighted by Crippen LogP contribution is 2.43. The van der Waals surface area contributed by atoms with Crippen LogP contribution in [0.1, 0.15) is 43.0 Å². The zero-order valence-electron chi connectivity index (χ0n) is 25.8. The fraction of sp³-hybridized carbons (Fsp3) is 0.394. The van der Waals surface area contributed by atoms with Gasteiger partial charge in [0.25, 0.3) is 11.5 Å². The van der Waals surface area contributed by atoms with E-state index in [1.54, 1.807) is 33.8 Å². The van der Waals surface area contributed by atoms with Gasteiger partial charge < -0.3 is 29.0 Å². The van der Waals surface area contributed by atoms with Crippen LogP contribution in [0.25, 0.3) is 0 Å². The Kier molecular flexibility index (Phi) is 10.9. The summed E-state index contributed by atoms with van der Waals surface area (Å²) in [5.74, 6) is -1.55. The summed E-state index contributed by atoms with van der Waals surface area (Å²) >= 11 is 0. The number of benzene rings is 3. The second kappa shape index (κ2) is 14.0. The Morgan fingerprint density at radius 3 is 1.93 bits per heavy atom. The Hall–Kier alpha value is -4.25. The highest BCUT2D eigenvalue weighted by molar-refractivity contribution is 5.91. The number of ether oxygens (including phenoxy) is 5. The van der Waals surface area contributed by atoms with Crippen LogP contribution in [-0.4, -0.2) is 51.0 Å². The maximum Gasteiger partial charge on any atom is 0.430 e. The van der Waals surface area contributed by atoms with E-state index in [-0.39, 0.29) is 13.0 Å². The minimum absolute atomic E-state index is 0.188. The van der Waals surface area contributed by atoms with Crippen LogP contribution in [0.3, 0.4) is 0 Å². The molecular weight excluding hydrogens is 579 g/mol. The lowest BCUT2D eigenvalue weighted by atomic mass is 9.90. The van der Waals surface area contributed by atoms with Gasteiger partial charge in [-0.25, -0.2) is 4.79 Å². The minimum Gasteiger partial charge on any atom is -0.496 e. The molecule has 0 spiro atoms. The lowest BCUT2D eigenvalue weighted by Crippen LogP contribution is -2.59. The molecule has 0 aromatic heterocycles. The molecule has 0 aliphatic rings. The first-order valence-electron chi connectivity index (χ1n) is 13.8. The van der Waals surface area contributed by atoms with Crippen molar-refractivity contribution < 1.29 is 46.4 Å². The molecule has 8 nitrogen and oxygen atoms in total. The molecule has 0 radical (unpaired) electrons. The number of hydrogen-bond acceptors (Lipinski definition) is 7. The molecule has 238 valence electrons. The zero-order chi connectivity index (χ0) is 32.7. The molecule has 0 aliphatic heterocycles. The van der Waals surface area contributed by atoms with Crippen LogP contribution < -0.4 is 19.5 Å². The third-order valence-corrected chi connectivity index (χ3v) is 6.77. The standard InChI is InChI=1S/C33H38F3NO7/c1-21-27(40-5)23(19-26(28(21)41-6)43-20-22-14-10-8-11-15-22)18-25(29(38)44-31(2,3)4)37-30(39)32(42-7,33(34,35)36)24-16-12-9-13-17-24/h8-17,19,25H,18,20H2,1-7H3,(H,37,39)/t25-,32-/m0/s1. The molecule has 0 saturated heterocycles. The third-order valence-electron chi connectivity index (χ3n) is 6.77. The molecule has 0 fully saturated rings. The average Bonchev–Trinajstić information content (AvgIpc) is 2.96. The van der Waals surface area contributed by atoms with Crippen molar-refractivity contribution in [3.8, 4) is 17.2 Å². The van der Waals surface area contributed by atoms with Crippen molar-refractivity contribution in [2.75, 3.05) is 21.3 Å². The summed E-state index contributed by atoms with van der Waals surface area (Å²) in [5.41, 5.74) is -3.10. The Bertz CT molecular complexity index is 1420. The monoisotopic (exact) mass is 617 g/mol. The number of esters is 1. The molecule has 3 aromatic carbocycles. The largest absolute Gasteiger partial charge is 0.496 e. The Balaban J connectivity index is 2.09. The van der Waals surface area contributed by atoms with Gasteiger partial charge >= 0.3 is 12.1 Å². The maximum absolute atomic E-state index is 14.6. The maximum atomic E-state index is 14.6. The smallest absolute Gasteiger partial charge is 0.430 e. The number of carbonyl (C=O) groups is 2. The van der Waals surface area contributed by atoms with Crippen molar-refractivity contribution in [2.45, 2.75) is 64.1 Å². The SMILES string of the molecule is COc1c(C[C@H](NC(=O)[C@@](OC)(c2ccccc2)C(F)(F)F)C(=O)OC(C)(C)C)cc(OCc2ccccc2)c(OC)c1C. The van der Waals surface area contributed by atoms with E-state index in [1.165, 1.54) is 32.4 Å². The first kappa shape index (κ1) is 34.2. The fourth-order valence-corrected chi connectivity index (χ4v) is 4.82. The van der Waals surface area contributed by atoms with Crippen LogP contribution in [-0.2, 0) is 37.7 Å². The van der Waals surface area contributed by atoms with E-state index in [4.69, 9.17) is 23.7 Å². The fourth-order valence-electron chi connectivity index (χ4n) is 4.82. The van der Waals surface area contributed by atoms with Gasteiger partial charge in [-0.3, -0.25) is 4.79 Å². The molecule has 2 atom stereocenters. The summed E-state index contributed by atoms with van der Waals surface area (Å²) in [6, 6.07) is 15.8. The average molecular weight is 618 g/mol. The van der Waals surface area contributed by atoms with Gasteiger partial charge in [-0.2, -0.15) is 13.2 Å². The third kappa shape index (κ3) is 7.63. The Labute approximate surface area is 255 Å². The van der Waals surface area contributed by atoms with Gasteiger partial charge in [0.1, 0.15) is 24.0 Å². The topological polar surface area (TPSA) is 92.3 Å². The second-order valence-corrected chi connectivity index (χ2v) is 11.0. The molecule has 0 heterocycles. The van der Waals surface area contributed by atoms with Crippen LogP contribution in [0, 0.1) is 6.92 Å². The van der Waals surface area contributed by atoms with Crippen molar-refractivity contribution in [3.63, 3.8) is 0 Å². The zero-order valence-corrected chi connectivity index (χ0v) is 25.8. The normalized spacial score (nSPS) is 13.8. The van der Waals surface area contributed by atoms with Gasteiger partial charge in [0.2, 0.25) is 0 Å². The molecule has 3 rings (SSSR count). The summed E-state index contributed by atoms with van der Waals surface area (Å²) in [5, 5.41) is 2.28. The highest BCUT2D eigenvalue weighted by atomic mass is 19.4. The van der Waals surface area contributed by atoms with Crippen LogP contribution in [0.4, 0.5) is 13.2 Å². The van der Waals surface area contributed by atoms with Crippen molar-refractivity contribution in [1.29, 1.82) is 0 Å². The van der Waals surface area contributed by atoms with E-state index in [9.17, 15) is 22.8 Å². The van der Waals surface area contributed by atoms with Crippen LogP contribution in [0.2, 0.25) is 0 Å². The molecule has 3 aromatic rings. The number of alkyl halides is 3. The van der Waals surface area contributed by atoms with Crippen LogP contribution in [0.15, 0.2) is 66.7 Å². The van der Waals surface area contributed by atoms with Crippen molar-refractivity contribution >= 4 is 11.9 Å². The van der Waals surface area contributed by atoms with Crippen molar-refractivity contribution in [1.82, 2.24) is 5.32 Å². The molecule has 1 amide bonds. The van der Waals surface area contributed by atoms with E-state index < -0.39 is 40.9 Å². The number of nitrogens with one attached hydrogen (secondary N) is 1. The second-order valence-electron chi connectivity index (χ2n) is 11.0. The number of halogens is 3. The quantitative estimate of drug-likeness (QED) is 0.247. The lowest BCUT2D eigenvalue weighted by molar-refractivity contribution is -0.266. The number of methoxy groups -OCH3 is 3. The predicted octanol–water partition coefficient (Wildman–Crippen LogP) is 6.06. The van der Waals surface area contributed by atoms with E-state index in [0.29, 0.717) is 28.4 Å². The van der Waals surface area contributed by atoms with E-state index in [1.807, 2.05) is 30.3 Å². The first-order chi connectivity index (χ1) is 20.7.